The number of nitrogens with zero attached hydrogens (tertiary/aromatic N) is 2. The minimum atomic E-state index is -2.57. The average molecular weight is 223 g/mol. The molecule has 0 fully saturated rings. The van der Waals surface area contributed by atoms with E-state index < -0.39 is 18.5 Å². The molecular formula is C8H9ClF2N2O. The van der Waals surface area contributed by atoms with Gasteiger partial charge in [-0.3, -0.25) is 9.36 Å². The van der Waals surface area contributed by atoms with Gasteiger partial charge in [-0.05, 0) is 0 Å². The summed E-state index contributed by atoms with van der Waals surface area (Å²) in [6, 6.07) is 1.03. The molecule has 0 spiro atoms. The van der Waals surface area contributed by atoms with Crippen LogP contribution in [0.2, 0.25) is 5.15 Å². The van der Waals surface area contributed by atoms with Crippen LogP contribution in [0.5, 0.6) is 0 Å². The van der Waals surface area contributed by atoms with Crippen LogP contribution in [-0.4, -0.2) is 16.0 Å². The second-order valence-electron chi connectivity index (χ2n) is 2.69. The van der Waals surface area contributed by atoms with Crippen LogP contribution in [0.1, 0.15) is 12.7 Å². The van der Waals surface area contributed by atoms with E-state index in [0.717, 1.165) is 10.6 Å². The van der Waals surface area contributed by atoms with Gasteiger partial charge in [0.05, 0.1) is 6.54 Å². The summed E-state index contributed by atoms with van der Waals surface area (Å²) in [6.45, 7) is 1.09. The SMILES string of the molecule is CCc1nc(Cl)cc(=O)n1CC(F)F. The van der Waals surface area contributed by atoms with E-state index in [0.29, 0.717) is 6.42 Å². The highest BCUT2D eigenvalue weighted by atomic mass is 35.5. The Morgan fingerprint density at radius 3 is 2.79 bits per heavy atom. The number of alkyl halides is 2. The van der Waals surface area contributed by atoms with Gasteiger partial charge in [0.15, 0.2) is 0 Å². The summed E-state index contributed by atoms with van der Waals surface area (Å²) in [6.07, 6.45) is -2.18. The number of aromatic nitrogens is 2. The van der Waals surface area contributed by atoms with Crippen molar-refractivity contribution in [3.63, 3.8) is 0 Å². The molecule has 0 N–H and O–H groups in total. The third-order valence-corrected chi connectivity index (χ3v) is 1.89. The molecule has 0 bridgehead atoms. The number of hydrogen-bond acceptors (Lipinski definition) is 2. The Balaban J connectivity index is 3.19. The molecule has 0 atom stereocenters. The fraction of sp³-hybridized carbons (Fsp3) is 0.500. The lowest BCUT2D eigenvalue weighted by molar-refractivity contribution is 0.123. The van der Waals surface area contributed by atoms with E-state index in [1.165, 1.54) is 0 Å². The van der Waals surface area contributed by atoms with Crippen molar-refractivity contribution in [3.8, 4) is 0 Å². The monoisotopic (exact) mass is 222 g/mol. The van der Waals surface area contributed by atoms with E-state index in [4.69, 9.17) is 11.6 Å². The summed E-state index contributed by atoms with van der Waals surface area (Å²) < 4.78 is 25.1. The van der Waals surface area contributed by atoms with Crippen LogP contribution in [0.4, 0.5) is 8.78 Å². The predicted molar refractivity (Wildman–Crippen MR) is 48.9 cm³/mol. The minimum absolute atomic E-state index is 0.0392. The number of rotatable bonds is 3. The summed E-state index contributed by atoms with van der Waals surface area (Å²) in [5.41, 5.74) is -0.540. The van der Waals surface area contributed by atoms with Crippen LogP contribution in [0.15, 0.2) is 10.9 Å². The molecule has 6 heteroatoms. The molecule has 0 saturated carbocycles. The topological polar surface area (TPSA) is 34.9 Å². The lowest BCUT2D eigenvalue weighted by atomic mass is 10.4. The van der Waals surface area contributed by atoms with Crippen molar-refractivity contribution in [2.24, 2.45) is 0 Å². The number of aryl methyl sites for hydroxylation is 1. The van der Waals surface area contributed by atoms with Crippen LogP contribution in [-0.2, 0) is 13.0 Å². The zero-order chi connectivity index (χ0) is 10.7. The van der Waals surface area contributed by atoms with Crippen molar-refractivity contribution in [1.82, 2.24) is 9.55 Å². The second kappa shape index (κ2) is 4.50. The fourth-order valence-corrected chi connectivity index (χ4v) is 1.32. The molecule has 1 rings (SSSR count). The smallest absolute Gasteiger partial charge is 0.256 e. The van der Waals surface area contributed by atoms with E-state index in [-0.39, 0.29) is 11.0 Å². The molecule has 0 aromatic carbocycles. The molecule has 1 heterocycles. The molecular weight excluding hydrogens is 214 g/mol. The molecule has 0 aliphatic carbocycles. The largest absolute Gasteiger partial charge is 0.291 e. The fourth-order valence-electron chi connectivity index (χ4n) is 1.13. The van der Waals surface area contributed by atoms with Gasteiger partial charge in [-0.2, -0.15) is 0 Å². The van der Waals surface area contributed by atoms with E-state index in [2.05, 4.69) is 4.98 Å². The Labute approximate surface area is 84.3 Å². The third kappa shape index (κ3) is 2.51. The van der Waals surface area contributed by atoms with Crippen molar-refractivity contribution in [3.05, 3.63) is 27.4 Å². The van der Waals surface area contributed by atoms with Crippen molar-refractivity contribution < 1.29 is 8.78 Å². The van der Waals surface area contributed by atoms with Crippen molar-refractivity contribution in [2.75, 3.05) is 0 Å². The normalized spacial score (nSPS) is 10.9. The first kappa shape index (κ1) is 11.1. The maximum atomic E-state index is 12.1. The first-order chi connectivity index (χ1) is 6.54. The maximum Gasteiger partial charge on any atom is 0.256 e. The van der Waals surface area contributed by atoms with Gasteiger partial charge in [0.2, 0.25) is 0 Å². The summed E-state index contributed by atoms with van der Waals surface area (Å²) in [4.78, 5) is 15.1. The highest BCUT2D eigenvalue weighted by Crippen LogP contribution is 2.05. The predicted octanol–water partition coefficient (Wildman–Crippen LogP) is 1.72. The Kier molecular flexibility index (Phi) is 3.57. The summed E-state index contributed by atoms with van der Waals surface area (Å²) in [5.74, 6) is 0.280. The van der Waals surface area contributed by atoms with Crippen molar-refractivity contribution in [2.45, 2.75) is 26.3 Å². The molecule has 0 saturated heterocycles. The summed E-state index contributed by atoms with van der Waals surface area (Å²) >= 11 is 5.53. The van der Waals surface area contributed by atoms with E-state index >= 15 is 0 Å². The van der Waals surface area contributed by atoms with Crippen LogP contribution in [0.25, 0.3) is 0 Å². The van der Waals surface area contributed by atoms with Crippen LogP contribution >= 0.6 is 11.6 Å². The first-order valence-corrected chi connectivity index (χ1v) is 4.46. The standard InChI is InChI=1S/C8H9ClF2N2O/c1-2-7-12-5(9)3-8(14)13(7)4-6(10)11/h3,6H,2,4H2,1H3. The molecule has 3 nitrogen and oxygen atoms in total. The minimum Gasteiger partial charge on any atom is -0.291 e. The molecule has 1 aromatic heterocycles. The Bertz CT molecular complexity index is 378. The van der Waals surface area contributed by atoms with Crippen LogP contribution in [0.3, 0.4) is 0 Å². The van der Waals surface area contributed by atoms with Gasteiger partial charge in [0.1, 0.15) is 11.0 Å². The zero-order valence-electron chi connectivity index (χ0n) is 7.51. The Morgan fingerprint density at radius 1 is 1.64 bits per heavy atom. The molecule has 0 aliphatic heterocycles. The molecule has 0 radical (unpaired) electrons. The highest BCUT2D eigenvalue weighted by molar-refractivity contribution is 6.29. The van der Waals surface area contributed by atoms with E-state index in [1.807, 2.05) is 0 Å². The van der Waals surface area contributed by atoms with E-state index in [9.17, 15) is 13.6 Å². The average Bonchev–Trinajstić information content (AvgIpc) is 2.08. The lowest BCUT2D eigenvalue weighted by Crippen LogP contribution is -2.27. The van der Waals surface area contributed by atoms with Crippen molar-refractivity contribution in [1.29, 1.82) is 0 Å². The van der Waals surface area contributed by atoms with E-state index in [1.54, 1.807) is 6.92 Å². The van der Waals surface area contributed by atoms with Gasteiger partial charge < -0.3 is 0 Å². The van der Waals surface area contributed by atoms with Crippen molar-refractivity contribution >= 4 is 11.6 Å². The molecule has 0 aliphatic rings. The van der Waals surface area contributed by atoms with Gasteiger partial charge in [-0.15, -0.1) is 0 Å². The molecule has 14 heavy (non-hydrogen) atoms. The molecule has 0 unspecified atom stereocenters. The summed E-state index contributed by atoms with van der Waals surface area (Å²) in [7, 11) is 0. The second-order valence-corrected chi connectivity index (χ2v) is 3.08. The maximum absolute atomic E-state index is 12.1. The molecule has 0 amide bonds. The first-order valence-electron chi connectivity index (χ1n) is 4.09. The quantitative estimate of drug-likeness (QED) is 0.730. The van der Waals surface area contributed by atoms with Crippen LogP contribution in [0, 0.1) is 0 Å². The lowest BCUT2D eigenvalue weighted by Gasteiger charge is -2.09. The Hall–Kier alpha value is -0.970. The highest BCUT2D eigenvalue weighted by Gasteiger charge is 2.10. The van der Waals surface area contributed by atoms with Gasteiger partial charge in [-0.25, -0.2) is 13.8 Å². The van der Waals surface area contributed by atoms with Gasteiger partial charge in [0.25, 0.3) is 12.0 Å². The number of hydrogen-bond donors (Lipinski definition) is 0. The van der Waals surface area contributed by atoms with Crippen LogP contribution < -0.4 is 5.56 Å². The zero-order valence-corrected chi connectivity index (χ0v) is 8.26. The third-order valence-electron chi connectivity index (χ3n) is 1.69. The Morgan fingerprint density at radius 2 is 2.29 bits per heavy atom. The molecule has 1 aromatic rings. The molecule has 78 valence electrons. The number of halogens is 3. The van der Waals surface area contributed by atoms with Gasteiger partial charge in [-0.1, -0.05) is 18.5 Å². The van der Waals surface area contributed by atoms with Gasteiger partial charge in [0, 0.05) is 12.5 Å². The van der Waals surface area contributed by atoms with Gasteiger partial charge >= 0.3 is 0 Å². The summed E-state index contributed by atoms with van der Waals surface area (Å²) in [5, 5.41) is 0.0392.